The van der Waals surface area contributed by atoms with Gasteiger partial charge in [-0.15, -0.1) is 0 Å². The van der Waals surface area contributed by atoms with Crippen molar-refractivity contribution in [3.8, 4) is 28.3 Å². The van der Waals surface area contributed by atoms with Gasteiger partial charge in [0.1, 0.15) is 23.6 Å². The Labute approximate surface area is 165 Å². The van der Waals surface area contributed by atoms with Crippen LogP contribution in [-0.2, 0) is 7.05 Å². The van der Waals surface area contributed by atoms with E-state index >= 15 is 0 Å². The molecule has 4 rings (SSSR count). The number of rotatable bonds is 4. The van der Waals surface area contributed by atoms with E-state index in [1.807, 2.05) is 30.8 Å². The van der Waals surface area contributed by atoms with Crippen LogP contribution in [0.1, 0.15) is 18.4 Å². The van der Waals surface area contributed by atoms with Crippen LogP contribution in [0, 0.1) is 6.92 Å². The summed E-state index contributed by atoms with van der Waals surface area (Å²) in [5.41, 5.74) is 4.48. The quantitative estimate of drug-likeness (QED) is 0.727. The van der Waals surface area contributed by atoms with Gasteiger partial charge in [0.15, 0.2) is 0 Å². The molecule has 7 heteroatoms. The molecular weight excluding hydrogens is 352 g/mol. The molecular formula is C21H26N6O. The number of piperidine rings is 1. The highest BCUT2D eigenvalue weighted by atomic mass is 16.3. The smallest absolute Gasteiger partial charge is 0.136 e. The number of hydrogen-bond acceptors (Lipinski definition) is 6. The number of nitrogens with one attached hydrogen (secondary N) is 1. The number of benzene rings is 1. The largest absolute Gasteiger partial charge is 0.508 e. The highest BCUT2D eigenvalue weighted by Crippen LogP contribution is 2.40. The van der Waals surface area contributed by atoms with Gasteiger partial charge in [0, 0.05) is 31.9 Å². The molecule has 0 bridgehead atoms. The topological polar surface area (TPSA) is 79.1 Å². The minimum Gasteiger partial charge on any atom is -0.508 e. The molecule has 2 aromatic heterocycles. The minimum absolute atomic E-state index is 0.238. The van der Waals surface area contributed by atoms with E-state index in [4.69, 9.17) is 5.10 Å². The molecule has 0 atom stereocenters. The van der Waals surface area contributed by atoms with Crippen molar-refractivity contribution in [1.29, 1.82) is 0 Å². The summed E-state index contributed by atoms with van der Waals surface area (Å²) in [6, 6.07) is 7.90. The maximum absolute atomic E-state index is 10.1. The first kappa shape index (κ1) is 18.4. The molecule has 28 heavy (non-hydrogen) atoms. The molecule has 0 radical (unpaired) electrons. The lowest BCUT2D eigenvalue weighted by Gasteiger charge is -2.33. The van der Waals surface area contributed by atoms with Gasteiger partial charge < -0.3 is 15.3 Å². The zero-order valence-electron chi connectivity index (χ0n) is 16.6. The average Bonchev–Trinajstić information content (AvgIpc) is 3.05. The highest BCUT2D eigenvalue weighted by molar-refractivity contribution is 5.88. The number of phenols is 1. The van der Waals surface area contributed by atoms with E-state index in [9.17, 15) is 5.11 Å². The summed E-state index contributed by atoms with van der Waals surface area (Å²) >= 11 is 0. The Morgan fingerprint density at radius 1 is 1.21 bits per heavy atom. The molecule has 3 heterocycles. The fourth-order valence-corrected chi connectivity index (χ4v) is 4.06. The summed E-state index contributed by atoms with van der Waals surface area (Å²) in [4.78, 5) is 10.9. The third-order valence-electron chi connectivity index (χ3n) is 5.38. The molecule has 146 valence electrons. The molecule has 1 fully saturated rings. The van der Waals surface area contributed by atoms with Crippen molar-refractivity contribution in [2.45, 2.75) is 25.8 Å². The number of aromatic hydroxyl groups is 1. The lowest BCUT2D eigenvalue weighted by molar-refractivity contribution is 0.438. The number of aryl methyl sites for hydroxylation is 2. The van der Waals surface area contributed by atoms with Gasteiger partial charge in [0.2, 0.25) is 0 Å². The van der Waals surface area contributed by atoms with E-state index in [0.29, 0.717) is 6.04 Å². The summed E-state index contributed by atoms with van der Waals surface area (Å²) in [7, 11) is 4.10. The van der Waals surface area contributed by atoms with Gasteiger partial charge in [-0.2, -0.15) is 5.10 Å². The van der Waals surface area contributed by atoms with Crippen molar-refractivity contribution in [2.75, 3.05) is 25.0 Å². The van der Waals surface area contributed by atoms with Gasteiger partial charge in [0.05, 0.1) is 11.3 Å². The standard InChI is InChI=1S/C21H26N6O/c1-14-10-15(12-17(28)11-14)20-19(18-6-9-23-13-24-18)21(27(3)25-20)26(2)16-4-7-22-8-5-16/h6,9-13,16,22,28H,4-5,7-8H2,1-3H3. The lowest BCUT2D eigenvalue weighted by atomic mass is 10.0. The Kier molecular flexibility index (Phi) is 5.00. The van der Waals surface area contributed by atoms with Crippen LogP contribution in [0.4, 0.5) is 5.82 Å². The molecule has 7 nitrogen and oxygen atoms in total. The third kappa shape index (κ3) is 3.45. The normalized spacial score (nSPS) is 15.0. The van der Waals surface area contributed by atoms with Crippen molar-refractivity contribution >= 4 is 5.82 Å². The summed E-state index contributed by atoms with van der Waals surface area (Å²) < 4.78 is 1.92. The number of hydrogen-bond donors (Lipinski definition) is 2. The van der Waals surface area contributed by atoms with Gasteiger partial charge in [-0.25, -0.2) is 9.97 Å². The first-order valence-corrected chi connectivity index (χ1v) is 9.62. The third-order valence-corrected chi connectivity index (χ3v) is 5.38. The Balaban J connectivity index is 1.90. The van der Waals surface area contributed by atoms with E-state index in [-0.39, 0.29) is 5.75 Å². The summed E-state index contributed by atoms with van der Waals surface area (Å²) in [5, 5.41) is 18.4. The fourth-order valence-electron chi connectivity index (χ4n) is 4.06. The number of anilines is 1. The SMILES string of the molecule is Cc1cc(O)cc(-c2nn(C)c(N(C)C3CCNCC3)c2-c2ccncn2)c1. The van der Waals surface area contributed by atoms with E-state index in [2.05, 4.69) is 27.2 Å². The summed E-state index contributed by atoms with van der Waals surface area (Å²) in [6.07, 6.45) is 5.49. The van der Waals surface area contributed by atoms with E-state index in [1.54, 1.807) is 24.7 Å². The van der Waals surface area contributed by atoms with Crippen LogP contribution in [0.5, 0.6) is 5.75 Å². The van der Waals surface area contributed by atoms with Crippen molar-refractivity contribution < 1.29 is 5.11 Å². The van der Waals surface area contributed by atoms with E-state index in [0.717, 1.165) is 59.8 Å². The predicted octanol–water partition coefficient (Wildman–Crippen LogP) is 2.75. The van der Waals surface area contributed by atoms with Crippen molar-refractivity contribution in [1.82, 2.24) is 25.1 Å². The van der Waals surface area contributed by atoms with Crippen molar-refractivity contribution in [3.63, 3.8) is 0 Å². The molecule has 1 aromatic carbocycles. The number of aromatic nitrogens is 4. The lowest BCUT2D eigenvalue weighted by Crippen LogP contribution is -2.42. The Morgan fingerprint density at radius 2 is 2.00 bits per heavy atom. The van der Waals surface area contributed by atoms with Gasteiger partial charge in [0.25, 0.3) is 0 Å². The van der Waals surface area contributed by atoms with E-state index in [1.165, 1.54) is 0 Å². The first-order chi connectivity index (χ1) is 13.5. The molecule has 1 saturated heterocycles. The van der Waals surface area contributed by atoms with Crippen molar-refractivity contribution in [3.05, 3.63) is 42.4 Å². The molecule has 1 aliphatic rings. The molecule has 0 aliphatic carbocycles. The number of nitrogens with zero attached hydrogens (tertiary/aromatic N) is 5. The van der Waals surface area contributed by atoms with Crippen LogP contribution in [0.2, 0.25) is 0 Å². The van der Waals surface area contributed by atoms with Crippen LogP contribution >= 0.6 is 0 Å². The summed E-state index contributed by atoms with van der Waals surface area (Å²) in [6.45, 7) is 4.02. The molecule has 0 saturated carbocycles. The van der Waals surface area contributed by atoms with Gasteiger partial charge in [-0.3, -0.25) is 4.68 Å². The van der Waals surface area contributed by atoms with Crippen molar-refractivity contribution in [2.24, 2.45) is 7.05 Å². The van der Waals surface area contributed by atoms with Crippen LogP contribution in [0.25, 0.3) is 22.5 Å². The highest BCUT2D eigenvalue weighted by Gasteiger charge is 2.27. The maximum Gasteiger partial charge on any atom is 0.136 e. The minimum atomic E-state index is 0.238. The van der Waals surface area contributed by atoms with Gasteiger partial charge in [-0.05, 0) is 62.7 Å². The Hall–Kier alpha value is -2.93. The second kappa shape index (κ2) is 7.59. The molecule has 0 unspecified atom stereocenters. The van der Waals surface area contributed by atoms with Gasteiger partial charge in [-0.1, -0.05) is 0 Å². The summed E-state index contributed by atoms with van der Waals surface area (Å²) in [5.74, 6) is 1.27. The molecule has 2 N–H and O–H groups in total. The zero-order valence-corrected chi connectivity index (χ0v) is 16.6. The van der Waals surface area contributed by atoms with Gasteiger partial charge >= 0.3 is 0 Å². The average molecular weight is 378 g/mol. The van der Waals surface area contributed by atoms with E-state index < -0.39 is 0 Å². The van der Waals surface area contributed by atoms with Crippen LogP contribution in [-0.4, -0.2) is 51.0 Å². The zero-order chi connectivity index (χ0) is 19.7. The molecule has 0 amide bonds. The van der Waals surface area contributed by atoms with Crippen LogP contribution in [0.15, 0.2) is 36.8 Å². The second-order valence-corrected chi connectivity index (χ2v) is 7.41. The molecule has 1 aliphatic heterocycles. The molecule has 0 spiro atoms. The monoisotopic (exact) mass is 378 g/mol. The predicted molar refractivity (Wildman–Crippen MR) is 110 cm³/mol. The Morgan fingerprint density at radius 3 is 2.68 bits per heavy atom. The second-order valence-electron chi connectivity index (χ2n) is 7.41. The maximum atomic E-state index is 10.1. The van der Waals surface area contributed by atoms with Crippen LogP contribution < -0.4 is 10.2 Å². The fraction of sp³-hybridized carbons (Fsp3) is 0.381. The van der Waals surface area contributed by atoms with Crippen LogP contribution in [0.3, 0.4) is 0 Å². The first-order valence-electron chi connectivity index (χ1n) is 9.62. The number of phenolic OH excluding ortho intramolecular Hbond substituents is 1. The Bertz CT molecular complexity index is 942. The molecule has 3 aromatic rings.